The van der Waals surface area contributed by atoms with Crippen LogP contribution < -0.4 is 5.32 Å². The van der Waals surface area contributed by atoms with Gasteiger partial charge < -0.3 is 5.32 Å². The maximum absolute atomic E-state index is 3.70. The third-order valence-corrected chi connectivity index (χ3v) is 4.91. The predicted molar refractivity (Wildman–Crippen MR) is 77.6 cm³/mol. The molecule has 0 aromatic heterocycles. The minimum absolute atomic E-state index is 0.475. The minimum atomic E-state index is 0.475. The van der Waals surface area contributed by atoms with Crippen molar-refractivity contribution in [3.8, 4) is 0 Å². The zero-order valence-electron chi connectivity index (χ0n) is 10.9. The monoisotopic (exact) mass is 249 g/mol. The fourth-order valence-electron chi connectivity index (χ4n) is 2.49. The molecule has 2 rings (SSSR count). The van der Waals surface area contributed by atoms with Crippen LogP contribution in [0.1, 0.15) is 36.9 Å². The van der Waals surface area contributed by atoms with E-state index in [2.05, 4.69) is 55.2 Å². The first kappa shape index (κ1) is 13.0. The number of hydrogen-bond donors (Lipinski definition) is 1. The molecular formula is C15H23NS. The average Bonchev–Trinajstić information content (AvgIpc) is 2.38. The van der Waals surface area contributed by atoms with Crippen LogP contribution in [0, 0.1) is 12.8 Å². The summed E-state index contributed by atoms with van der Waals surface area (Å²) in [4.78, 5) is 0. The molecule has 0 amide bonds. The molecule has 1 aromatic carbocycles. The van der Waals surface area contributed by atoms with E-state index in [9.17, 15) is 0 Å². The number of rotatable bonds is 4. The van der Waals surface area contributed by atoms with Crippen LogP contribution in [0.2, 0.25) is 0 Å². The minimum Gasteiger partial charge on any atom is -0.310 e. The van der Waals surface area contributed by atoms with Crippen LogP contribution in [0.5, 0.6) is 0 Å². The van der Waals surface area contributed by atoms with Gasteiger partial charge in [0.15, 0.2) is 0 Å². The Morgan fingerprint density at radius 3 is 2.94 bits per heavy atom. The Morgan fingerprint density at radius 1 is 1.41 bits per heavy atom. The van der Waals surface area contributed by atoms with Crippen LogP contribution in [-0.2, 0) is 0 Å². The Bertz CT molecular complexity index is 345. The summed E-state index contributed by atoms with van der Waals surface area (Å²) in [5, 5.41) is 3.70. The van der Waals surface area contributed by atoms with E-state index < -0.39 is 0 Å². The van der Waals surface area contributed by atoms with Gasteiger partial charge in [0, 0.05) is 6.04 Å². The number of aryl methyl sites for hydroxylation is 1. The van der Waals surface area contributed by atoms with E-state index in [-0.39, 0.29) is 0 Å². The average molecular weight is 249 g/mol. The normalized spacial score (nSPS) is 22.4. The molecule has 1 aliphatic rings. The molecule has 1 nitrogen and oxygen atoms in total. The lowest BCUT2D eigenvalue weighted by molar-refractivity contribution is 0.443. The molecule has 94 valence electrons. The van der Waals surface area contributed by atoms with Gasteiger partial charge in [0.1, 0.15) is 0 Å². The van der Waals surface area contributed by atoms with Gasteiger partial charge in [-0.05, 0) is 61.8 Å². The van der Waals surface area contributed by atoms with Crippen LogP contribution >= 0.6 is 11.8 Å². The quantitative estimate of drug-likeness (QED) is 0.871. The molecule has 0 aliphatic carbocycles. The first-order chi connectivity index (χ1) is 8.27. The number of nitrogens with one attached hydrogen (secondary N) is 1. The van der Waals surface area contributed by atoms with Crippen molar-refractivity contribution < 1.29 is 0 Å². The summed E-state index contributed by atoms with van der Waals surface area (Å²) in [5.74, 6) is 3.58. The second-order valence-electron chi connectivity index (χ2n) is 5.07. The second kappa shape index (κ2) is 6.46. The van der Waals surface area contributed by atoms with Gasteiger partial charge in [0.2, 0.25) is 0 Å². The Balaban J connectivity index is 1.84. The lowest BCUT2D eigenvalue weighted by Gasteiger charge is -2.24. The predicted octanol–water partition coefficient (Wildman–Crippen LogP) is 3.79. The van der Waals surface area contributed by atoms with E-state index >= 15 is 0 Å². The molecule has 1 aromatic rings. The van der Waals surface area contributed by atoms with Crippen molar-refractivity contribution in [2.45, 2.75) is 32.7 Å². The van der Waals surface area contributed by atoms with E-state index in [1.54, 1.807) is 0 Å². The topological polar surface area (TPSA) is 12.0 Å². The largest absolute Gasteiger partial charge is 0.310 e. The van der Waals surface area contributed by atoms with Crippen molar-refractivity contribution in [3.05, 3.63) is 35.4 Å². The van der Waals surface area contributed by atoms with Crippen LogP contribution in [0.15, 0.2) is 24.3 Å². The molecule has 0 bridgehead atoms. The molecule has 1 heterocycles. The molecule has 1 saturated heterocycles. The number of benzene rings is 1. The van der Waals surface area contributed by atoms with Crippen molar-refractivity contribution in [2.75, 3.05) is 18.1 Å². The van der Waals surface area contributed by atoms with Gasteiger partial charge in [-0.2, -0.15) is 11.8 Å². The zero-order chi connectivity index (χ0) is 12.1. The van der Waals surface area contributed by atoms with Gasteiger partial charge >= 0.3 is 0 Å². The summed E-state index contributed by atoms with van der Waals surface area (Å²) in [6.45, 7) is 5.64. The highest BCUT2D eigenvalue weighted by Gasteiger charge is 2.15. The molecular weight excluding hydrogens is 226 g/mol. The van der Waals surface area contributed by atoms with E-state index in [1.165, 1.54) is 42.0 Å². The summed E-state index contributed by atoms with van der Waals surface area (Å²) >= 11 is 2.11. The van der Waals surface area contributed by atoms with Crippen molar-refractivity contribution >= 4 is 11.8 Å². The molecule has 0 radical (unpaired) electrons. The summed E-state index contributed by atoms with van der Waals surface area (Å²) in [5.41, 5.74) is 2.83. The highest BCUT2D eigenvalue weighted by molar-refractivity contribution is 7.99. The van der Waals surface area contributed by atoms with Gasteiger partial charge in [-0.1, -0.05) is 24.3 Å². The number of hydrogen-bond acceptors (Lipinski definition) is 2. The summed E-state index contributed by atoms with van der Waals surface area (Å²) in [6, 6.07) is 9.16. The Kier molecular flexibility index (Phi) is 4.93. The van der Waals surface area contributed by atoms with Crippen LogP contribution in [0.25, 0.3) is 0 Å². The highest BCUT2D eigenvalue weighted by atomic mass is 32.2. The Morgan fingerprint density at radius 2 is 2.24 bits per heavy atom. The summed E-state index contributed by atoms with van der Waals surface area (Å²) in [7, 11) is 0. The maximum Gasteiger partial charge on any atom is 0.0294 e. The first-order valence-electron chi connectivity index (χ1n) is 6.64. The standard InChI is InChI=1S/C15H23NS/c1-12-6-3-4-8-15(12)13(2)16-10-14-7-5-9-17-11-14/h3-4,6,8,13-14,16H,5,7,9-11H2,1-2H3/t13-,14?/m0/s1. The van der Waals surface area contributed by atoms with Crippen LogP contribution in [-0.4, -0.2) is 18.1 Å². The van der Waals surface area contributed by atoms with Crippen molar-refractivity contribution in [1.82, 2.24) is 5.32 Å². The smallest absolute Gasteiger partial charge is 0.0294 e. The summed E-state index contributed by atoms with van der Waals surface area (Å²) < 4.78 is 0. The third kappa shape index (κ3) is 3.75. The highest BCUT2D eigenvalue weighted by Crippen LogP contribution is 2.23. The molecule has 17 heavy (non-hydrogen) atoms. The fourth-order valence-corrected chi connectivity index (χ4v) is 3.65. The van der Waals surface area contributed by atoms with Crippen molar-refractivity contribution in [2.24, 2.45) is 5.92 Å². The molecule has 2 heteroatoms. The lowest BCUT2D eigenvalue weighted by Crippen LogP contribution is -2.28. The molecule has 1 N–H and O–H groups in total. The SMILES string of the molecule is Cc1ccccc1[C@H](C)NCC1CCCSC1. The number of thioether (sulfide) groups is 1. The zero-order valence-corrected chi connectivity index (χ0v) is 11.7. The molecule has 0 saturated carbocycles. The molecule has 1 aliphatic heterocycles. The lowest BCUT2D eigenvalue weighted by atomic mass is 10.0. The van der Waals surface area contributed by atoms with Gasteiger partial charge in [-0.15, -0.1) is 0 Å². The van der Waals surface area contributed by atoms with Gasteiger partial charge in [-0.3, -0.25) is 0 Å². The van der Waals surface area contributed by atoms with Gasteiger partial charge in [0.25, 0.3) is 0 Å². The van der Waals surface area contributed by atoms with Gasteiger partial charge in [0.05, 0.1) is 0 Å². The van der Waals surface area contributed by atoms with Crippen molar-refractivity contribution in [1.29, 1.82) is 0 Å². The molecule has 1 unspecified atom stereocenters. The molecule has 2 atom stereocenters. The Hall–Kier alpha value is -0.470. The van der Waals surface area contributed by atoms with Crippen LogP contribution in [0.3, 0.4) is 0 Å². The molecule has 1 fully saturated rings. The second-order valence-corrected chi connectivity index (χ2v) is 6.22. The van der Waals surface area contributed by atoms with Crippen LogP contribution in [0.4, 0.5) is 0 Å². The summed E-state index contributed by atoms with van der Waals surface area (Å²) in [6.07, 6.45) is 2.80. The molecule has 0 spiro atoms. The van der Waals surface area contributed by atoms with E-state index in [4.69, 9.17) is 0 Å². The first-order valence-corrected chi connectivity index (χ1v) is 7.79. The maximum atomic E-state index is 3.70. The van der Waals surface area contributed by atoms with Crippen molar-refractivity contribution in [3.63, 3.8) is 0 Å². The van der Waals surface area contributed by atoms with Gasteiger partial charge in [-0.25, -0.2) is 0 Å². The third-order valence-electron chi connectivity index (χ3n) is 3.62. The fraction of sp³-hybridized carbons (Fsp3) is 0.600. The van der Waals surface area contributed by atoms with E-state index in [1.807, 2.05) is 0 Å². The van der Waals surface area contributed by atoms with E-state index in [0.29, 0.717) is 6.04 Å². The van der Waals surface area contributed by atoms with E-state index in [0.717, 1.165) is 5.92 Å². The Labute approximate surface area is 109 Å².